The van der Waals surface area contributed by atoms with E-state index in [1.807, 2.05) is 18.7 Å². The maximum Gasteiger partial charge on any atom is 0.230 e. The van der Waals surface area contributed by atoms with Gasteiger partial charge in [0.15, 0.2) is 4.34 Å². The molecule has 0 spiro atoms. The molecule has 1 N–H and O–H groups in total. The molecule has 1 aliphatic rings. The smallest absolute Gasteiger partial charge is 0.230 e. The topological polar surface area (TPSA) is 78.4 Å². The summed E-state index contributed by atoms with van der Waals surface area (Å²) < 4.78 is 0.782. The third-order valence-electron chi connectivity index (χ3n) is 3.38. The zero-order valence-electron chi connectivity index (χ0n) is 13.8. The molecule has 134 valence electrons. The van der Waals surface area contributed by atoms with Gasteiger partial charge in [-0.2, -0.15) is 0 Å². The number of alkyl halides is 1. The van der Waals surface area contributed by atoms with E-state index in [9.17, 15) is 9.59 Å². The number of piperazine rings is 1. The van der Waals surface area contributed by atoms with Crippen molar-refractivity contribution in [3.05, 3.63) is 0 Å². The van der Waals surface area contributed by atoms with E-state index in [0.717, 1.165) is 22.6 Å². The third kappa shape index (κ3) is 5.78. The number of rotatable bonds is 7. The van der Waals surface area contributed by atoms with Crippen LogP contribution in [0.4, 0.5) is 5.13 Å². The monoisotopic (exact) mass is 391 g/mol. The minimum absolute atomic E-state index is 0.00170. The molecule has 1 fully saturated rings. The number of halogens is 1. The number of carbonyl (C=O) groups is 2. The van der Waals surface area contributed by atoms with Gasteiger partial charge in [0.25, 0.3) is 0 Å². The lowest BCUT2D eigenvalue weighted by Crippen LogP contribution is -2.48. The Labute approximate surface area is 155 Å². The molecule has 1 aromatic heterocycles. The van der Waals surface area contributed by atoms with Crippen LogP contribution in [0, 0.1) is 0 Å². The van der Waals surface area contributed by atoms with Crippen molar-refractivity contribution in [2.75, 3.05) is 42.7 Å². The molecule has 24 heavy (non-hydrogen) atoms. The molecule has 2 amide bonds. The number of anilines is 1. The summed E-state index contributed by atoms with van der Waals surface area (Å²) >= 11 is 8.49. The van der Waals surface area contributed by atoms with Crippen molar-refractivity contribution in [2.45, 2.75) is 30.6 Å². The highest BCUT2D eigenvalue weighted by atomic mass is 35.5. The van der Waals surface area contributed by atoms with Crippen LogP contribution >= 0.6 is 34.7 Å². The Morgan fingerprint density at radius 1 is 1.29 bits per heavy atom. The summed E-state index contributed by atoms with van der Waals surface area (Å²) in [5.41, 5.74) is 0. The van der Waals surface area contributed by atoms with Gasteiger partial charge < -0.3 is 15.1 Å². The van der Waals surface area contributed by atoms with E-state index in [0.29, 0.717) is 31.1 Å². The fraction of sp³-hybridized carbons (Fsp3) is 0.714. The average Bonchev–Trinajstić information content (AvgIpc) is 3.02. The van der Waals surface area contributed by atoms with Gasteiger partial charge in [0, 0.05) is 44.5 Å². The molecular formula is C14H22ClN5O2S2. The summed E-state index contributed by atoms with van der Waals surface area (Å²) in [7, 11) is 0. The zero-order chi connectivity index (χ0) is 17.5. The number of amides is 2. The second kappa shape index (κ2) is 9.43. The molecule has 2 heterocycles. The number of thioether (sulfide) groups is 1. The Morgan fingerprint density at radius 2 is 2.00 bits per heavy atom. The molecule has 1 saturated heterocycles. The van der Waals surface area contributed by atoms with Gasteiger partial charge in [0.05, 0.1) is 5.75 Å². The Balaban J connectivity index is 1.79. The van der Waals surface area contributed by atoms with Gasteiger partial charge in [0.1, 0.15) is 0 Å². The highest BCUT2D eigenvalue weighted by molar-refractivity contribution is 8.01. The predicted octanol–water partition coefficient (Wildman–Crippen LogP) is 1.43. The van der Waals surface area contributed by atoms with Crippen LogP contribution in [0.2, 0.25) is 0 Å². The molecule has 7 nitrogen and oxygen atoms in total. The summed E-state index contributed by atoms with van der Waals surface area (Å²) in [4.78, 5) is 27.4. The van der Waals surface area contributed by atoms with Gasteiger partial charge in [-0.25, -0.2) is 0 Å². The quantitative estimate of drug-likeness (QED) is 0.559. The number of hydrogen-bond acceptors (Lipinski definition) is 7. The molecular weight excluding hydrogens is 370 g/mol. The molecule has 1 aliphatic heterocycles. The van der Waals surface area contributed by atoms with Crippen molar-refractivity contribution in [3.63, 3.8) is 0 Å². The molecule has 0 bridgehead atoms. The Bertz CT molecular complexity index is 561. The first-order valence-electron chi connectivity index (χ1n) is 7.84. The van der Waals surface area contributed by atoms with E-state index < -0.39 is 0 Å². The minimum Gasteiger partial charge on any atom is -0.353 e. The maximum absolute atomic E-state index is 11.8. The lowest BCUT2D eigenvalue weighted by Gasteiger charge is -2.34. The summed E-state index contributed by atoms with van der Waals surface area (Å²) in [6.45, 7) is 6.69. The van der Waals surface area contributed by atoms with Crippen molar-refractivity contribution in [2.24, 2.45) is 0 Å². The van der Waals surface area contributed by atoms with E-state index in [1.54, 1.807) is 0 Å². The second-order valence-electron chi connectivity index (χ2n) is 5.67. The molecule has 10 heteroatoms. The molecule has 1 aromatic rings. The van der Waals surface area contributed by atoms with Crippen molar-refractivity contribution in [1.29, 1.82) is 0 Å². The van der Waals surface area contributed by atoms with E-state index in [4.69, 9.17) is 11.6 Å². The molecule has 0 radical (unpaired) electrons. The van der Waals surface area contributed by atoms with Crippen LogP contribution in [0.15, 0.2) is 4.34 Å². The van der Waals surface area contributed by atoms with Crippen molar-refractivity contribution < 1.29 is 9.59 Å². The first kappa shape index (κ1) is 19.3. The SMILES string of the molecule is CC(C)NC(=O)CSc1nnc(N2CCN(C(=O)CCCl)CC2)s1. The Hall–Kier alpha value is -1.06. The van der Waals surface area contributed by atoms with Crippen molar-refractivity contribution >= 4 is 51.6 Å². The van der Waals surface area contributed by atoms with E-state index >= 15 is 0 Å². The van der Waals surface area contributed by atoms with Crippen molar-refractivity contribution in [1.82, 2.24) is 20.4 Å². The summed E-state index contributed by atoms with van der Waals surface area (Å²) in [5.74, 6) is 0.806. The van der Waals surface area contributed by atoms with E-state index in [-0.39, 0.29) is 17.9 Å². The van der Waals surface area contributed by atoms with Crippen molar-refractivity contribution in [3.8, 4) is 0 Å². The highest BCUT2D eigenvalue weighted by Gasteiger charge is 2.23. The summed E-state index contributed by atoms with van der Waals surface area (Å²) in [6.07, 6.45) is 0.388. The maximum atomic E-state index is 11.8. The lowest BCUT2D eigenvalue weighted by molar-refractivity contribution is -0.131. The van der Waals surface area contributed by atoms with Gasteiger partial charge in [-0.1, -0.05) is 23.1 Å². The molecule has 0 atom stereocenters. The van der Waals surface area contributed by atoms with Gasteiger partial charge in [-0.3, -0.25) is 9.59 Å². The van der Waals surface area contributed by atoms with Crippen LogP contribution in [0.1, 0.15) is 20.3 Å². The molecule has 0 saturated carbocycles. The second-order valence-corrected chi connectivity index (χ2v) is 8.22. The normalized spacial score (nSPS) is 15.0. The minimum atomic E-state index is -0.00170. The fourth-order valence-electron chi connectivity index (χ4n) is 2.27. The number of nitrogens with zero attached hydrogens (tertiary/aromatic N) is 4. The fourth-order valence-corrected chi connectivity index (χ4v) is 4.13. The van der Waals surface area contributed by atoms with Crippen LogP contribution < -0.4 is 10.2 Å². The van der Waals surface area contributed by atoms with Gasteiger partial charge in [-0.15, -0.1) is 21.8 Å². The third-order valence-corrected chi connectivity index (χ3v) is 5.69. The number of hydrogen-bond donors (Lipinski definition) is 1. The molecule has 0 unspecified atom stereocenters. The summed E-state index contributed by atoms with van der Waals surface area (Å²) in [6, 6.07) is 0.140. The van der Waals surface area contributed by atoms with Crippen LogP contribution in [0.3, 0.4) is 0 Å². The van der Waals surface area contributed by atoms with E-state index in [1.165, 1.54) is 23.1 Å². The van der Waals surface area contributed by atoms with Gasteiger partial charge in [0.2, 0.25) is 16.9 Å². The standard InChI is InChI=1S/C14H22ClN5O2S2/c1-10(2)16-11(21)9-23-14-18-17-13(24-14)20-7-5-19(6-8-20)12(22)3-4-15/h10H,3-9H2,1-2H3,(H,16,21). The lowest BCUT2D eigenvalue weighted by atomic mass is 10.3. The summed E-state index contributed by atoms with van der Waals surface area (Å²) in [5, 5.41) is 12.0. The van der Waals surface area contributed by atoms with Crippen LogP contribution in [-0.2, 0) is 9.59 Å². The van der Waals surface area contributed by atoms with Crippen LogP contribution in [0.25, 0.3) is 0 Å². The molecule has 0 aliphatic carbocycles. The first-order chi connectivity index (χ1) is 11.5. The largest absolute Gasteiger partial charge is 0.353 e. The predicted molar refractivity (Wildman–Crippen MR) is 98.0 cm³/mol. The number of nitrogens with one attached hydrogen (secondary N) is 1. The van der Waals surface area contributed by atoms with Crippen LogP contribution in [-0.4, -0.2) is 70.8 Å². The first-order valence-corrected chi connectivity index (χ1v) is 10.2. The highest BCUT2D eigenvalue weighted by Crippen LogP contribution is 2.28. The average molecular weight is 392 g/mol. The van der Waals surface area contributed by atoms with Gasteiger partial charge >= 0.3 is 0 Å². The zero-order valence-corrected chi connectivity index (χ0v) is 16.2. The molecule has 2 rings (SSSR count). The number of aromatic nitrogens is 2. The molecule has 0 aromatic carbocycles. The Morgan fingerprint density at radius 3 is 2.62 bits per heavy atom. The number of carbonyl (C=O) groups excluding carboxylic acids is 2. The Kier molecular flexibility index (Phi) is 7.57. The van der Waals surface area contributed by atoms with Gasteiger partial charge in [-0.05, 0) is 13.8 Å². The van der Waals surface area contributed by atoms with E-state index in [2.05, 4.69) is 20.4 Å². The van der Waals surface area contributed by atoms with Crippen LogP contribution in [0.5, 0.6) is 0 Å².